The smallest absolute Gasteiger partial charge is 0.407 e. The number of likely N-dealkylation sites (tertiary alicyclic amines) is 1. The number of rotatable bonds is 6. The highest BCUT2D eigenvalue weighted by Crippen LogP contribution is 2.47. The average Bonchev–Trinajstić information content (AvgIpc) is 2.97. The first-order valence-electron chi connectivity index (χ1n) is 6.13. The molecular weight excluding hydrogens is 310 g/mol. The molecule has 10 heteroatoms. The van der Waals surface area contributed by atoms with E-state index >= 15 is 0 Å². The molecule has 0 aromatic carbocycles. The molecule has 1 saturated carbocycles. The minimum atomic E-state index is -3.52. The van der Waals surface area contributed by atoms with Crippen molar-refractivity contribution in [3.05, 3.63) is 0 Å². The Morgan fingerprint density at radius 3 is 2.60 bits per heavy atom. The van der Waals surface area contributed by atoms with Crippen LogP contribution in [0.15, 0.2) is 0 Å². The maximum atomic E-state index is 12.5. The molecule has 0 aromatic heterocycles. The van der Waals surface area contributed by atoms with Crippen molar-refractivity contribution in [2.24, 2.45) is 0 Å². The highest BCUT2D eigenvalue weighted by atomic mass is 32.2. The van der Waals surface area contributed by atoms with Crippen molar-refractivity contribution in [3.63, 3.8) is 0 Å². The Morgan fingerprint density at radius 1 is 1.50 bits per heavy atom. The lowest BCUT2D eigenvalue weighted by molar-refractivity contribution is 0.155. The third-order valence-electron chi connectivity index (χ3n) is 3.81. The third-order valence-corrected chi connectivity index (χ3v) is 7.17. The molecule has 1 heterocycles. The van der Waals surface area contributed by atoms with Gasteiger partial charge in [0.15, 0.2) is 9.84 Å². The maximum Gasteiger partial charge on any atom is 0.407 e. The monoisotopic (exact) mass is 326 g/mol. The molecule has 1 N–H and O–H groups in total. The number of carbonyl (C=O) groups is 1. The van der Waals surface area contributed by atoms with Crippen molar-refractivity contribution in [1.82, 2.24) is 4.90 Å². The van der Waals surface area contributed by atoms with Gasteiger partial charge in [-0.2, -0.15) is 0 Å². The fraction of sp³-hybridized carbons (Fsp3) is 0.900. The summed E-state index contributed by atoms with van der Waals surface area (Å²) < 4.78 is 49.7. The Hall–Kier alpha value is -0.710. The second-order valence-electron chi connectivity index (χ2n) is 5.14. The van der Waals surface area contributed by atoms with Gasteiger partial charge in [-0.05, 0) is 30.3 Å². The van der Waals surface area contributed by atoms with Gasteiger partial charge in [-0.3, -0.25) is 4.21 Å². The van der Waals surface area contributed by atoms with E-state index in [4.69, 9.17) is 9.84 Å². The summed E-state index contributed by atoms with van der Waals surface area (Å²) in [5, 5.41) is 8.14. The summed E-state index contributed by atoms with van der Waals surface area (Å²) in [4.78, 5) is 11.9. The van der Waals surface area contributed by atoms with E-state index in [1.54, 1.807) is 0 Å². The topological polar surface area (TPSA) is 124 Å². The Bertz CT molecular complexity index is 514. The lowest BCUT2D eigenvalue weighted by atomic mass is 10.4. The van der Waals surface area contributed by atoms with Crippen LogP contribution in [0, 0.1) is 0 Å². The molecule has 0 aromatic rings. The summed E-state index contributed by atoms with van der Waals surface area (Å²) >= 11 is -2.37. The van der Waals surface area contributed by atoms with Gasteiger partial charge < -0.3 is 19.3 Å². The molecule has 2 unspecified atom stereocenters. The van der Waals surface area contributed by atoms with Crippen LogP contribution in [-0.4, -0.2) is 68.9 Å². The van der Waals surface area contributed by atoms with Gasteiger partial charge in [-0.1, -0.05) is 0 Å². The van der Waals surface area contributed by atoms with Crippen LogP contribution in [0.4, 0.5) is 4.79 Å². The summed E-state index contributed by atoms with van der Waals surface area (Å²) in [5.41, 5.74) is 0. The van der Waals surface area contributed by atoms with Crippen LogP contribution in [0.3, 0.4) is 0 Å². The molecule has 1 amide bonds. The molecule has 2 aliphatic rings. The van der Waals surface area contributed by atoms with E-state index in [0.29, 0.717) is 12.8 Å². The van der Waals surface area contributed by atoms with Gasteiger partial charge in [-0.25, -0.2) is 13.2 Å². The average molecular weight is 326 g/mol. The van der Waals surface area contributed by atoms with Crippen LogP contribution in [0.2, 0.25) is 0 Å². The van der Waals surface area contributed by atoms with Crippen molar-refractivity contribution in [2.75, 3.05) is 25.6 Å². The number of amides is 1. The molecule has 116 valence electrons. The van der Waals surface area contributed by atoms with Gasteiger partial charge in [0.2, 0.25) is 0 Å². The standard InChI is InChI=1S/C10H17NO7S2/c12-9(13)11-4-1-8(5-11)20(16,17)10(2-3-10)6-18-7-19(14)15/h8H,1-7H2,(H,12,13)(H,14,15)/p-1. The zero-order valence-corrected chi connectivity index (χ0v) is 12.3. The zero-order valence-electron chi connectivity index (χ0n) is 10.7. The molecule has 2 rings (SSSR count). The van der Waals surface area contributed by atoms with E-state index in [1.807, 2.05) is 0 Å². The van der Waals surface area contributed by atoms with E-state index in [1.165, 1.54) is 0 Å². The summed E-state index contributed by atoms with van der Waals surface area (Å²) in [6.07, 6.45) is 0.0316. The van der Waals surface area contributed by atoms with Gasteiger partial charge in [0.25, 0.3) is 0 Å². The van der Waals surface area contributed by atoms with E-state index in [0.717, 1.165) is 4.90 Å². The minimum absolute atomic E-state index is 0.0209. The Balaban J connectivity index is 2.00. The zero-order chi connectivity index (χ0) is 15.0. The molecule has 1 aliphatic heterocycles. The summed E-state index contributed by atoms with van der Waals surface area (Å²) in [7, 11) is -3.52. The van der Waals surface area contributed by atoms with Crippen LogP contribution in [0.25, 0.3) is 0 Å². The first kappa shape index (κ1) is 15.7. The van der Waals surface area contributed by atoms with Gasteiger partial charge in [0.1, 0.15) is 5.94 Å². The van der Waals surface area contributed by atoms with Crippen molar-refractivity contribution >= 4 is 27.0 Å². The molecule has 1 saturated heterocycles. The first-order valence-corrected chi connectivity index (χ1v) is 8.92. The molecule has 2 atom stereocenters. The number of hydrogen-bond acceptors (Lipinski definition) is 6. The van der Waals surface area contributed by atoms with Gasteiger partial charge in [-0.15, -0.1) is 0 Å². The van der Waals surface area contributed by atoms with Crippen LogP contribution in [0.5, 0.6) is 0 Å². The number of ether oxygens (including phenoxy) is 1. The number of nitrogens with zero attached hydrogens (tertiary/aromatic N) is 1. The summed E-state index contributed by atoms with van der Waals surface area (Å²) in [5.74, 6) is -0.525. The highest BCUT2D eigenvalue weighted by molar-refractivity contribution is 7.93. The molecule has 20 heavy (non-hydrogen) atoms. The second kappa shape index (κ2) is 5.58. The molecule has 0 radical (unpaired) electrons. The van der Waals surface area contributed by atoms with Gasteiger partial charge in [0.05, 0.1) is 16.6 Å². The van der Waals surface area contributed by atoms with E-state index in [-0.39, 0.29) is 26.1 Å². The number of carboxylic acid groups (broad SMARTS) is 1. The van der Waals surface area contributed by atoms with Crippen molar-refractivity contribution in [1.29, 1.82) is 0 Å². The SMILES string of the molecule is O=C(O)N1CCC(S(=O)(=O)C2(COCS(=O)[O-])CC2)C1. The van der Waals surface area contributed by atoms with E-state index in [9.17, 15) is 22.0 Å². The molecule has 0 spiro atoms. The lowest BCUT2D eigenvalue weighted by Crippen LogP contribution is -2.39. The fourth-order valence-electron chi connectivity index (χ4n) is 2.45. The molecule has 0 bridgehead atoms. The van der Waals surface area contributed by atoms with Crippen molar-refractivity contribution < 1.29 is 31.8 Å². The fourth-order valence-corrected chi connectivity index (χ4v) is 5.09. The second-order valence-corrected chi connectivity index (χ2v) is 8.60. The largest absolute Gasteiger partial charge is 0.771 e. The Morgan fingerprint density at radius 2 is 2.15 bits per heavy atom. The highest BCUT2D eigenvalue weighted by Gasteiger charge is 2.58. The molecule has 8 nitrogen and oxygen atoms in total. The predicted octanol–water partition coefficient (Wildman–Crippen LogP) is -0.461. The maximum absolute atomic E-state index is 12.5. The van der Waals surface area contributed by atoms with Gasteiger partial charge >= 0.3 is 6.09 Å². The van der Waals surface area contributed by atoms with Crippen molar-refractivity contribution in [2.45, 2.75) is 29.3 Å². The Kier molecular flexibility index (Phi) is 4.38. The number of sulfone groups is 1. The third kappa shape index (κ3) is 2.97. The number of hydrogen-bond donors (Lipinski definition) is 1. The molecule has 1 aliphatic carbocycles. The Labute approximate surface area is 119 Å². The lowest BCUT2D eigenvalue weighted by Gasteiger charge is -2.21. The van der Waals surface area contributed by atoms with Gasteiger partial charge in [0, 0.05) is 13.1 Å². The quantitative estimate of drug-likeness (QED) is 0.655. The predicted molar refractivity (Wildman–Crippen MR) is 68.6 cm³/mol. The first-order chi connectivity index (χ1) is 9.28. The van der Waals surface area contributed by atoms with Crippen molar-refractivity contribution in [3.8, 4) is 0 Å². The van der Waals surface area contributed by atoms with Crippen LogP contribution in [-0.2, 0) is 25.7 Å². The molecular formula is C10H16NO7S2-. The van der Waals surface area contributed by atoms with Crippen LogP contribution in [0.1, 0.15) is 19.3 Å². The molecule has 2 fully saturated rings. The summed E-state index contributed by atoms with van der Waals surface area (Å²) in [6.45, 7) is 0.0422. The van der Waals surface area contributed by atoms with Crippen LogP contribution < -0.4 is 0 Å². The normalized spacial score (nSPS) is 26.4. The van der Waals surface area contributed by atoms with E-state index in [2.05, 4.69) is 0 Å². The van der Waals surface area contributed by atoms with Crippen LogP contribution >= 0.6 is 0 Å². The van der Waals surface area contributed by atoms with E-state index < -0.39 is 42.9 Å². The minimum Gasteiger partial charge on any atom is -0.771 e. The summed E-state index contributed by atoms with van der Waals surface area (Å²) in [6, 6.07) is 0.